The fourth-order valence-electron chi connectivity index (χ4n) is 2.96. The lowest BCUT2D eigenvalue weighted by molar-refractivity contribution is 0.414. The Labute approximate surface area is 170 Å². The van der Waals surface area contributed by atoms with Gasteiger partial charge in [-0.15, -0.1) is 0 Å². The van der Waals surface area contributed by atoms with E-state index in [2.05, 4.69) is 53.3 Å². The molecular weight excluding hydrogens is 366 g/mol. The van der Waals surface area contributed by atoms with Crippen molar-refractivity contribution in [2.75, 3.05) is 7.11 Å². The number of hydrogen-bond donors (Lipinski definition) is 0. The van der Waals surface area contributed by atoms with Gasteiger partial charge in [0.1, 0.15) is 16.6 Å². The molecule has 3 aromatic rings. The van der Waals surface area contributed by atoms with Gasteiger partial charge in [0.2, 0.25) is 0 Å². The van der Waals surface area contributed by atoms with Crippen molar-refractivity contribution in [3.8, 4) is 16.3 Å². The molecule has 144 valence electrons. The molecule has 0 saturated carbocycles. The Morgan fingerprint density at radius 3 is 2.64 bits per heavy atom. The molecule has 0 fully saturated rings. The van der Waals surface area contributed by atoms with Crippen LogP contribution in [-0.2, 0) is 12.8 Å². The zero-order chi connectivity index (χ0) is 19.8. The number of unbranched alkanes of at least 4 members (excludes halogenated alkanes) is 1. The van der Waals surface area contributed by atoms with Gasteiger partial charge in [-0.1, -0.05) is 24.3 Å². The van der Waals surface area contributed by atoms with Crippen LogP contribution in [0.25, 0.3) is 16.6 Å². The topological polar surface area (TPSA) is 47.4 Å². The largest absolute Gasteiger partial charge is 0.497 e. The molecule has 0 N–H and O–H groups in total. The summed E-state index contributed by atoms with van der Waals surface area (Å²) in [5, 5.41) is 0.964. The van der Waals surface area contributed by atoms with Gasteiger partial charge >= 0.3 is 0 Å². The summed E-state index contributed by atoms with van der Waals surface area (Å²) < 4.78 is 9.74. The SMILES string of the molecule is C=N/C=C\c1cc(-c2nc(CCCCc3ccc(OC)cc3)ns2)ccc1C. The van der Waals surface area contributed by atoms with Crippen molar-refractivity contribution in [2.45, 2.75) is 32.6 Å². The van der Waals surface area contributed by atoms with Crippen LogP contribution in [0.1, 0.15) is 35.4 Å². The maximum atomic E-state index is 5.20. The molecule has 0 radical (unpaired) electrons. The van der Waals surface area contributed by atoms with Gasteiger partial charge in [0.25, 0.3) is 0 Å². The first-order valence-electron chi connectivity index (χ1n) is 9.38. The number of ether oxygens (including phenoxy) is 1. The van der Waals surface area contributed by atoms with E-state index in [1.165, 1.54) is 22.7 Å². The van der Waals surface area contributed by atoms with Crippen molar-refractivity contribution in [3.63, 3.8) is 0 Å². The van der Waals surface area contributed by atoms with Gasteiger partial charge in [-0.2, -0.15) is 4.37 Å². The van der Waals surface area contributed by atoms with Crippen LogP contribution >= 0.6 is 11.5 Å². The van der Waals surface area contributed by atoms with Crippen molar-refractivity contribution in [2.24, 2.45) is 4.99 Å². The van der Waals surface area contributed by atoms with E-state index in [1.807, 2.05) is 18.2 Å². The van der Waals surface area contributed by atoms with Crippen LogP contribution in [0.3, 0.4) is 0 Å². The molecule has 0 aliphatic rings. The molecule has 0 amide bonds. The van der Waals surface area contributed by atoms with Gasteiger partial charge in [0.05, 0.1) is 7.11 Å². The summed E-state index contributed by atoms with van der Waals surface area (Å²) >= 11 is 1.46. The molecule has 0 bridgehead atoms. The molecular formula is C23H25N3OS. The number of nitrogens with zero attached hydrogens (tertiary/aromatic N) is 3. The molecule has 5 heteroatoms. The first-order chi connectivity index (χ1) is 13.7. The van der Waals surface area contributed by atoms with E-state index >= 15 is 0 Å². The summed E-state index contributed by atoms with van der Waals surface area (Å²) in [6.45, 7) is 5.57. The minimum Gasteiger partial charge on any atom is -0.497 e. The molecule has 0 saturated heterocycles. The molecule has 4 nitrogen and oxygen atoms in total. The van der Waals surface area contributed by atoms with Gasteiger partial charge < -0.3 is 4.74 Å². The predicted molar refractivity (Wildman–Crippen MR) is 118 cm³/mol. The van der Waals surface area contributed by atoms with Crippen molar-refractivity contribution >= 4 is 24.3 Å². The maximum Gasteiger partial charge on any atom is 0.144 e. The molecule has 0 spiro atoms. The van der Waals surface area contributed by atoms with E-state index in [0.717, 1.165) is 53.4 Å². The monoisotopic (exact) mass is 391 g/mol. The van der Waals surface area contributed by atoms with Crippen molar-refractivity contribution in [3.05, 3.63) is 71.2 Å². The average molecular weight is 392 g/mol. The summed E-state index contributed by atoms with van der Waals surface area (Å²) in [7, 11) is 1.69. The van der Waals surface area contributed by atoms with Crippen molar-refractivity contribution < 1.29 is 4.74 Å². The van der Waals surface area contributed by atoms with E-state index in [4.69, 9.17) is 9.72 Å². The fraction of sp³-hybridized carbons (Fsp3) is 0.261. The van der Waals surface area contributed by atoms with E-state index in [-0.39, 0.29) is 0 Å². The molecule has 0 aliphatic carbocycles. The average Bonchev–Trinajstić information content (AvgIpc) is 3.20. The highest BCUT2D eigenvalue weighted by atomic mass is 32.1. The maximum absolute atomic E-state index is 5.20. The van der Waals surface area contributed by atoms with Crippen LogP contribution in [0.4, 0.5) is 0 Å². The number of rotatable bonds is 9. The third-order valence-corrected chi connectivity index (χ3v) is 5.43. The smallest absolute Gasteiger partial charge is 0.144 e. The number of aromatic nitrogens is 2. The predicted octanol–water partition coefficient (Wildman–Crippen LogP) is 5.76. The van der Waals surface area contributed by atoms with Gasteiger partial charge in [-0.05, 0) is 85.4 Å². The van der Waals surface area contributed by atoms with Crippen LogP contribution in [0, 0.1) is 6.92 Å². The number of aryl methyl sites for hydroxylation is 3. The molecule has 1 heterocycles. The number of hydrogen-bond acceptors (Lipinski definition) is 5. The zero-order valence-electron chi connectivity index (χ0n) is 16.4. The van der Waals surface area contributed by atoms with E-state index < -0.39 is 0 Å². The van der Waals surface area contributed by atoms with E-state index in [1.54, 1.807) is 13.3 Å². The van der Waals surface area contributed by atoms with Crippen LogP contribution in [-0.4, -0.2) is 23.2 Å². The quantitative estimate of drug-likeness (QED) is 0.344. The normalized spacial score (nSPS) is 11.1. The molecule has 0 aliphatic heterocycles. The molecule has 0 unspecified atom stereocenters. The van der Waals surface area contributed by atoms with E-state index in [9.17, 15) is 0 Å². The highest BCUT2D eigenvalue weighted by Crippen LogP contribution is 2.25. The Morgan fingerprint density at radius 2 is 1.89 bits per heavy atom. The third-order valence-electron chi connectivity index (χ3n) is 4.63. The van der Waals surface area contributed by atoms with Crippen LogP contribution in [0.2, 0.25) is 0 Å². The number of methoxy groups -OCH3 is 1. The molecule has 3 rings (SSSR count). The second kappa shape index (κ2) is 9.95. The Bertz CT molecular complexity index is 945. The van der Waals surface area contributed by atoms with Gasteiger partial charge in [0.15, 0.2) is 0 Å². The summed E-state index contributed by atoms with van der Waals surface area (Å²) in [6.07, 6.45) is 7.84. The first-order valence-corrected chi connectivity index (χ1v) is 10.2. The van der Waals surface area contributed by atoms with E-state index in [0.29, 0.717) is 0 Å². The molecule has 2 aromatic carbocycles. The lowest BCUT2D eigenvalue weighted by Gasteiger charge is -2.03. The van der Waals surface area contributed by atoms with Crippen LogP contribution in [0.5, 0.6) is 5.75 Å². The Balaban J connectivity index is 1.55. The molecule has 0 atom stereocenters. The lowest BCUT2D eigenvalue weighted by Crippen LogP contribution is -1.92. The van der Waals surface area contributed by atoms with Gasteiger partial charge in [0, 0.05) is 18.2 Å². The highest BCUT2D eigenvalue weighted by Gasteiger charge is 2.08. The first kappa shape index (κ1) is 20.0. The minimum absolute atomic E-state index is 0.901. The number of benzene rings is 2. The minimum atomic E-state index is 0.901. The summed E-state index contributed by atoms with van der Waals surface area (Å²) in [6, 6.07) is 14.6. The second-order valence-electron chi connectivity index (χ2n) is 6.64. The van der Waals surface area contributed by atoms with Crippen molar-refractivity contribution in [1.82, 2.24) is 9.36 Å². The van der Waals surface area contributed by atoms with Crippen molar-refractivity contribution in [1.29, 1.82) is 0 Å². The number of aliphatic imine (C=N–C) groups is 1. The standard InChI is InChI=1S/C23H25N3OS/c1-17-8-11-20(16-19(17)14-15-24-2)23-25-22(26-28-23)7-5-4-6-18-9-12-21(27-3)13-10-18/h8-16H,2,4-7H2,1,3H3/b15-14-. The Kier molecular flexibility index (Phi) is 7.09. The summed E-state index contributed by atoms with van der Waals surface area (Å²) in [5.74, 6) is 1.83. The van der Waals surface area contributed by atoms with Gasteiger partial charge in [-0.25, -0.2) is 4.98 Å². The highest BCUT2D eigenvalue weighted by molar-refractivity contribution is 7.09. The lowest BCUT2D eigenvalue weighted by atomic mass is 10.1. The van der Waals surface area contributed by atoms with Crippen LogP contribution < -0.4 is 4.74 Å². The van der Waals surface area contributed by atoms with Gasteiger partial charge in [-0.3, -0.25) is 4.99 Å². The molecule has 28 heavy (non-hydrogen) atoms. The Morgan fingerprint density at radius 1 is 1.11 bits per heavy atom. The zero-order valence-corrected chi connectivity index (χ0v) is 17.2. The Hall–Kier alpha value is -2.79. The second-order valence-corrected chi connectivity index (χ2v) is 7.39. The summed E-state index contributed by atoms with van der Waals surface area (Å²) in [5.41, 5.74) is 4.76. The molecule has 1 aromatic heterocycles. The van der Waals surface area contributed by atoms with Crippen LogP contribution in [0.15, 0.2) is 53.7 Å². The summed E-state index contributed by atoms with van der Waals surface area (Å²) in [4.78, 5) is 8.52. The fourth-order valence-corrected chi connectivity index (χ4v) is 3.67. The third kappa shape index (κ3) is 5.36.